The van der Waals surface area contributed by atoms with Crippen LogP contribution in [0.1, 0.15) is 19.3 Å². The monoisotopic (exact) mass is 173 g/mol. The van der Waals surface area contributed by atoms with Gasteiger partial charge in [0.05, 0.1) is 6.54 Å². The highest BCUT2D eigenvalue weighted by atomic mass is 16.2. The summed E-state index contributed by atoms with van der Waals surface area (Å²) in [6.45, 7) is 0.505. The Morgan fingerprint density at radius 1 is 1.25 bits per heavy atom. The minimum atomic E-state index is -0.526. The lowest BCUT2D eigenvalue weighted by Gasteiger charge is -2.00. The van der Waals surface area contributed by atoms with Crippen molar-refractivity contribution in [1.29, 1.82) is 0 Å². The zero-order chi connectivity index (χ0) is 9.40. The number of rotatable bonds is 6. The smallest absolute Gasteiger partial charge is 0.236 e. The van der Waals surface area contributed by atoms with E-state index in [-0.39, 0.29) is 12.5 Å². The highest BCUT2D eigenvalue weighted by Crippen LogP contribution is 1.92. The summed E-state index contributed by atoms with van der Waals surface area (Å²) in [5.41, 5.74) is 10.1. The van der Waals surface area contributed by atoms with Gasteiger partial charge in [-0.25, -0.2) is 0 Å². The van der Waals surface area contributed by atoms with Crippen molar-refractivity contribution in [3.8, 4) is 0 Å². The first-order chi connectivity index (χ1) is 5.66. The van der Waals surface area contributed by atoms with Gasteiger partial charge in [0.15, 0.2) is 0 Å². The van der Waals surface area contributed by atoms with Gasteiger partial charge in [-0.15, -0.1) is 0 Å². The molecule has 0 aromatic rings. The predicted molar refractivity (Wildman–Crippen MR) is 45.1 cm³/mol. The molecule has 0 rings (SSSR count). The molecule has 0 unspecified atom stereocenters. The number of carbonyl (C=O) groups excluding carboxylic acids is 2. The van der Waals surface area contributed by atoms with Crippen molar-refractivity contribution in [3.63, 3.8) is 0 Å². The summed E-state index contributed by atoms with van der Waals surface area (Å²) in [7, 11) is 0. The molecule has 0 radical (unpaired) electrons. The summed E-state index contributed by atoms with van der Waals surface area (Å²) in [6.07, 6.45) is 1.98. The maximum atomic E-state index is 10.9. The van der Waals surface area contributed by atoms with E-state index in [1.54, 1.807) is 0 Å². The number of primary amides is 1. The molecule has 5 nitrogen and oxygen atoms in total. The van der Waals surface area contributed by atoms with E-state index in [1.165, 1.54) is 0 Å². The topological polar surface area (TPSA) is 98.2 Å². The largest absolute Gasteiger partial charge is 0.368 e. The van der Waals surface area contributed by atoms with Crippen molar-refractivity contribution in [3.05, 3.63) is 0 Å². The van der Waals surface area contributed by atoms with Gasteiger partial charge in [0.25, 0.3) is 0 Å². The van der Waals surface area contributed by atoms with Gasteiger partial charge >= 0.3 is 0 Å². The highest BCUT2D eigenvalue weighted by molar-refractivity contribution is 5.83. The van der Waals surface area contributed by atoms with Crippen LogP contribution in [-0.2, 0) is 9.59 Å². The fourth-order valence-electron chi connectivity index (χ4n) is 0.704. The molecule has 0 aliphatic heterocycles. The molecular weight excluding hydrogens is 158 g/mol. The van der Waals surface area contributed by atoms with E-state index in [1.807, 2.05) is 0 Å². The lowest BCUT2D eigenvalue weighted by Crippen LogP contribution is -2.33. The van der Waals surface area contributed by atoms with E-state index in [4.69, 9.17) is 11.5 Å². The standard InChI is InChI=1S/C7H15N3O2/c8-4-2-1-3-7(12)10-5-6(9)11/h1-5,8H2,(H2,9,11)(H,10,12). The first kappa shape index (κ1) is 10.9. The van der Waals surface area contributed by atoms with Gasteiger partial charge in [0.2, 0.25) is 11.8 Å². The quantitative estimate of drug-likeness (QED) is 0.436. The average molecular weight is 173 g/mol. The number of nitrogens with one attached hydrogen (secondary N) is 1. The second kappa shape index (κ2) is 6.60. The highest BCUT2D eigenvalue weighted by Gasteiger charge is 2.00. The van der Waals surface area contributed by atoms with Gasteiger partial charge in [-0.05, 0) is 19.4 Å². The third-order valence-electron chi connectivity index (χ3n) is 1.32. The van der Waals surface area contributed by atoms with Crippen LogP contribution in [0.25, 0.3) is 0 Å². The van der Waals surface area contributed by atoms with Gasteiger partial charge in [-0.1, -0.05) is 0 Å². The van der Waals surface area contributed by atoms with Crippen LogP contribution in [0, 0.1) is 0 Å². The molecule has 0 atom stereocenters. The van der Waals surface area contributed by atoms with E-state index in [2.05, 4.69) is 5.32 Å². The van der Waals surface area contributed by atoms with Crippen LogP contribution >= 0.6 is 0 Å². The van der Waals surface area contributed by atoms with Crippen LogP contribution in [0.5, 0.6) is 0 Å². The fourth-order valence-corrected chi connectivity index (χ4v) is 0.704. The first-order valence-corrected chi connectivity index (χ1v) is 3.92. The molecule has 0 aliphatic rings. The second-order valence-corrected chi connectivity index (χ2v) is 2.49. The van der Waals surface area contributed by atoms with Gasteiger partial charge in [0.1, 0.15) is 0 Å². The van der Waals surface area contributed by atoms with Crippen LogP contribution in [0.2, 0.25) is 0 Å². The second-order valence-electron chi connectivity index (χ2n) is 2.49. The molecule has 0 bridgehead atoms. The molecule has 70 valence electrons. The Morgan fingerprint density at radius 3 is 2.42 bits per heavy atom. The maximum absolute atomic E-state index is 10.9. The minimum Gasteiger partial charge on any atom is -0.368 e. The zero-order valence-corrected chi connectivity index (χ0v) is 7.01. The summed E-state index contributed by atoms with van der Waals surface area (Å²) in [5.74, 6) is -0.676. The minimum absolute atomic E-state index is 0.0819. The Morgan fingerprint density at radius 2 is 1.92 bits per heavy atom. The van der Waals surface area contributed by atoms with Crippen LogP contribution < -0.4 is 16.8 Å². The van der Waals surface area contributed by atoms with E-state index < -0.39 is 5.91 Å². The maximum Gasteiger partial charge on any atom is 0.236 e. The molecule has 2 amide bonds. The molecule has 12 heavy (non-hydrogen) atoms. The van der Waals surface area contributed by atoms with Gasteiger partial charge < -0.3 is 16.8 Å². The predicted octanol–water partition coefficient (Wildman–Crippen LogP) is -1.28. The van der Waals surface area contributed by atoms with Crippen molar-refractivity contribution < 1.29 is 9.59 Å². The molecule has 5 N–H and O–H groups in total. The SMILES string of the molecule is NCCCCC(=O)NCC(N)=O. The number of nitrogens with two attached hydrogens (primary N) is 2. The summed E-state index contributed by atoms with van der Waals surface area (Å²) in [4.78, 5) is 21.1. The summed E-state index contributed by atoms with van der Waals surface area (Å²) in [5, 5.41) is 2.39. The Kier molecular flexibility index (Phi) is 6.00. The number of hydrogen-bond acceptors (Lipinski definition) is 3. The molecule has 0 fully saturated rings. The molecule has 0 saturated carbocycles. The number of carbonyl (C=O) groups is 2. The molecule has 0 heterocycles. The molecule has 0 aromatic carbocycles. The number of hydrogen-bond donors (Lipinski definition) is 3. The van der Waals surface area contributed by atoms with Gasteiger partial charge in [0, 0.05) is 6.42 Å². The molecule has 0 spiro atoms. The van der Waals surface area contributed by atoms with E-state index in [9.17, 15) is 9.59 Å². The molecule has 0 saturated heterocycles. The van der Waals surface area contributed by atoms with Crippen LogP contribution in [0.15, 0.2) is 0 Å². The molecule has 0 aliphatic carbocycles. The fraction of sp³-hybridized carbons (Fsp3) is 0.714. The van der Waals surface area contributed by atoms with Gasteiger partial charge in [-0.2, -0.15) is 0 Å². The third kappa shape index (κ3) is 7.01. The van der Waals surface area contributed by atoms with Crippen LogP contribution in [0.3, 0.4) is 0 Å². The van der Waals surface area contributed by atoms with E-state index in [0.29, 0.717) is 13.0 Å². The Bertz CT molecular complexity index is 159. The number of unbranched alkanes of at least 4 members (excludes halogenated alkanes) is 1. The lowest BCUT2D eigenvalue weighted by atomic mass is 10.2. The van der Waals surface area contributed by atoms with Crippen molar-refractivity contribution in [1.82, 2.24) is 5.32 Å². The average Bonchev–Trinajstić information content (AvgIpc) is 2.01. The normalized spacial score (nSPS) is 9.42. The lowest BCUT2D eigenvalue weighted by molar-refractivity contribution is -0.124. The first-order valence-electron chi connectivity index (χ1n) is 3.92. The van der Waals surface area contributed by atoms with Crippen molar-refractivity contribution in [2.24, 2.45) is 11.5 Å². The molecule has 0 aromatic heterocycles. The van der Waals surface area contributed by atoms with Crippen LogP contribution in [0.4, 0.5) is 0 Å². The Hall–Kier alpha value is -1.10. The summed E-state index contributed by atoms with van der Waals surface area (Å²) < 4.78 is 0. The van der Waals surface area contributed by atoms with Crippen LogP contribution in [-0.4, -0.2) is 24.9 Å². The van der Waals surface area contributed by atoms with E-state index >= 15 is 0 Å². The van der Waals surface area contributed by atoms with E-state index in [0.717, 1.165) is 12.8 Å². The summed E-state index contributed by atoms with van der Waals surface area (Å²) >= 11 is 0. The Labute approximate surface area is 71.5 Å². The third-order valence-corrected chi connectivity index (χ3v) is 1.32. The number of amides is 2. The molecule has 5 heteroatoms. The van der Waals surface area contributed by atoms with Crippen molar-refractivity contribution >= 4 is 11.8 Å². The van der Waals surface area contributed by atoms with Crippen molar-refractivity contribution in [2.75, 3.05) is 13.1 Å². The Balaban J connectivity index is 3.28. The van der Waals surface area contributed by atoms with Gasteiger partial charge in [-0.3, -0.25) is 9.59 Å². The van der Waals surface area contributed by atoms with Crippen molar-refractivity contribution in [2.45, 2.75) is 19.3 Å². The zero-order valence-electron chi connectivity index (χ0n) is 7.01. The molecular formula is C7H15N3O2. The summed E-state index contributed by atoms with van der Waals surface area (Å²) in [6, 6.07) is 0.